The largest absolute Gasteiger partial charge is 0.478 e. The molecule has 0 atom stereocenters. The van der Waals surface area contributed by atoms with Crippen LogP contribution >= 0.6 is 23.2 Å². The molecule has 0 saturated heterocycles. The maximum absolute atomic E-state index is 13.2. The fourth-order valence-electron chi connectivity index (χ4n) is 2.90. The molecule has 3 aromatic rings. The number of nitrogens with one attached hydrogen (secondary N) is 1. The number of carbonyl (C=O) groups excluding carboxylic acids is 1. The van der Waals surface area contributed by atoms with Gasteiger partial charge < -0.3 is 10.4 Å². The summed E-state index contributed by atoms with van der Waals surface area (Å²) < 4.78 is 13.2. The predicted molar refractivity (Wildman–Crippen MR) is 112 cm³/mol. The van der Waals surface area contributed by atoms with E-state index >= 15 is 0 Å². The highest BCUT2D eigenvalue weighted by Crippen LogP contribution is 2.30. The Hall–Kier alpha value is -2.89. The van der Waals surface area contributed by atoms with Crippen LogP contribution in [0.2, 0.25) is 10.0 Å². The standard InChI is InChI=1S/C22H16Cl2FNO3/c1-2-12-3-4-13(22(28)29)9-17(12)21(27)16-7-6-15(11-18(16)23)26-20-8-5-14(25)10-19(20)24/h3-11,26H,2H2,1H3,(H,28,29). The molecular formula is C22H16Cl2FNO3. The molecule has 0 heterocycles. The van der Waals surface area contributed by atoms with Gasteiger partial charge in [0.2, 0.25) is 0 Å². The SMILES string of the molecule is CCc1ccc(C(=O)O)cc1C(=O)c1ccc(Nc2ccc(F)cc2Cl)cc1Cl. The van der Waals surface area contributed by atoms with E-state index in [9.17, 15) is 19.1 Å². The quantitative estimate of drug-likeness (QED) is 0.445. The Morgan fingerprint density at radius 1 is 0.966 bits per heavy atom. The third kappa shape index (κ3) is 4.58. The fraction of sp³-hybridized carbons (Fsp3) is 0.0909. The van der Waals surface area contributed by atoms with Crippen molar-refractivity contribution in [1.82, 2.24) is 0 Å². The number of carboxylic acid groups (broad SMARTS) is 1. The van der Waals surface area contributed by atoms with E-state index in [1.807, 2.05) is 6.92 Å². The van der Waals surface area contributed by atoms with Crippen molar-refractivity contribution in [3.8, 4) is 0 Å². The van der Waals surface area contributed by atoms with Gasteiger partial charge in [0.25, 0.3) is 0 Å². The summed E-state index contributed by atoms with van der Waals surface area (Å²) in [4.78, 5) is 24.3. The van der Waals surface area contributed by atoms with Crippen molar-refractivity contribution in [2.75, 3.05) is 5.32 Å². The maximum Gasteiger partial charge on any atom is 0.335 e. The van der Waals surface area contributed by atoms with Crippen molar-refractivity contribution in [3.05, 3.63) is 92.7 Å². The molecule has 0 aliphatic heterocycles. The van der Waals surface area contributed by atoms with Gasteiger partial charge in [0.1, 0.15) is 5.82 Å². The number of hydrogen-bond donors (Lipinski definition) is 2. The Kier molecular flexibility index (Phi) is 6.20. The van der Waals surface area contributed by atoms with Crippen LogP contribution in [0, 0.1) is 5.82 Å². The van der Waals surface area contributed by atoms with Crippen LogP contribution < -0.4 is 5.32 Å². The normalized spacial score (nSPS) is 10.6. The van der Waals surface area contributed by atoms with Crippen LogP contribution in [0.25, 0.3) is 0 Å². The number of anilines is 2. The van der Waals surface area contributed by atoms with Crippen molar-refractivity contribution in [2.24, 2.45) is 0 Å². The summed E-state index contributed by atoms with van der Waals surface area (Å²) in [7, 11) is 0. The van der Waals surface area contributed by atoms with Crippen LogP contribution in [0.15, 0.2) is 54.6 Å². The van der Waals surface area contributed by atoms with Gasteiger partial charge >= 0.3 is 5.97 Å². The first-order chi connectivity index (χ1) is 13.8. The number of carboxylic acids is 1. The topological polar surface area (TPSA) is 66.4 Å². The highest BCUT2D eigenvalue weighted by Gasteiger charge is 2.18. The second-order valence-corrected chi connectivity index (χ2v) is 7.12. The van der Waals surface area contributed by atoms with Crippen LogP contribution in [-0.4, -0.2) is 16.9 Å². The minimum atomic E-state index is -1.11. The number of ketones is 1. The third-order valence-corrected chi connectivity index (χ3v) is 5.03. The summed E-state index contributed by atoms with van der Waals surface area (Å²) in [6.07, 6.45) is 0.571. The second-order valence-electron chi connectivity index (χ2n) is 6.30. The number of halogens is 3. The molecule has 0 spiro atoms. The van der Waals surface area contributed by atoms with Gasteiger partial charge in [-0.15, -0.1) is 0 Å². The molecule has 2 N–H and O–H groups in total. The van der Waals surface area contributed by atoms with Gasteiger partial charge in [0, 0.05) is 16.8 Å². The Bertz CT molecular complexity index is 1120. The third-order valence-electron chi connectivity index (χ3n) is 4.41. The van der Waals surface area contributed by atoms with E-state index in [1.54, 1.807) is 24.3 Å². The van der Waals surface area contributed by atoms with Crippen molar-refractivity contribution in [2.45, 2.75) is 13.3 Å². The zero-order valence-electron chi connectivity index (χ0n) is 15.3. The lowest BCUT2D eigenvalue weighted by Gasteiger charge is -2.12. The average Bonchev–Trinajstić information content (AvgIpc) is 2.69. The first kappa shape index (κ1) is 20.8. The van der Waals surface area contributed by atoms with Crippen molar-refractivity contribution >= 4 is 46.3 Å². The summed E-state index contributed by atoms with van der Waals surface area (Å²) >= 11 is 12.4. The first-order valence-corrected chi connectivity index (χ1v) is 9.48. The van der Waals surface area contributed by atoms with Crippen molar-refractivity contribution < 1.29 is 19.1 Å². The van der Waals surface area contributed by atoms with Gasteiger partial charge in [0.05, 0.1) is 21.3 Å². The molecule has 29 heavy (non-hydrogen) atoms. The summed E-state index contributed by atoms with van der Waals surface area (Å²) in [5.41, 5.74) is 2.37. The molecule has 4 nitrogen and oxygen atoms in total. The first-order valence-electron chi connectivity index (χ1n) is 8.72. The molecule has 0 aliphatic carbocycles. The highest BCUT2D eigenvalue weighted by atomic mass is 35.5. The van der Waals surface area contributed by atoms with Crippen LogP contribution in [-0.2, 0) is 6.42 Å². The molecule has 0 saturated carbocycles. The van der Waals surface area contributed by atoms with E-state index in [1.165, 1.54) is 30.3 Å². The number of benzene rings is 3. The van der Waals surface area contributed by atoms with Gasteiger partial charge in [-0.25, -0.2) is 9.18 Å². The second kappa shape index (κ2) is 8.64. The molecule has 0 bridgehead atoms. The highest BCUT2D eigenvalue weighted by molar-refractivity contribution is 6.35. The predicted octanol–water partition coefficient (Wildman–Crippen LogP) is 6.37. The lowest BCUT2D eigenvalue weighted by molar-refractivity contribution is 0.0697. The number of aryl methyl sites for hydroxylation is 1. The molecule has 0 amide bonds. The number of aromatic carboxylic acids is 1. The smallest absolute Gasteiger partial charge is 0.335 e. The van der Waals surface area contributed by atoms with E-state index in [-0.39, 0.29) is 27.0 Å². The number of rotatable bonds is 6. The van der Waals surface area contributed by atoms with E-state index in [0.717, 1.165) is 5.56 Å². The number of carbonyl (C=O) groups is 2. The van der Waals surface area contributed by atoms with Crippen molar-refractivity contribution in [3.63, 3.8) is 0 Å². The van der Waals surface area contributed by atoms with Crippen LogP contribution in [0.4, 0.5) is 15.8 Å². The summed E-state index contributed by atoms with van der Waals surface area (Å²) in [5, 5.41) is 12.6. The van der Waals surface area contributed by atoms with Crippen LogP contribution in [0.1, 0.15) is 38.8 Å². The molecule has 3 rings (SSSR count). The van der Waals surface area contributed by atoms with Crippen LogP contribution in [0.3, 0.4) is 0 Å². The molecule has 3 aromatic carbocycles. The molecule has 0 aromatic heterocycles. The molecular weight excluding hydrogens is 416 g/mol. The van der Waals surface area contributed by atoms with E-state index in [2.05, 4.69) is 5.32 Å². The minimum absolute atomic E-state index is 0.0333. The van der Waals surface area contributed by atoms with E-state index < -0.39 is 11.8 Å². The lowest BCUT2D eigenvalue weighted by Crippen LogP contribution is -2.09. The summed E-state index contributed by atoms with van der Waals surface area (Å²) in [6, 6.07) is 13.2. The number of hydrogen-bond acceptors (Lipinski definition) is 3. The molecule has 0 fully saturated rings. The van der Waals surface area contributed by atoms with E-state index in [4.69, 9.17) is 23.2 Å². The van der Waals surface area contributed by atoms with Gasteiger partial charge in [-0.1, -0.05) is 36.2 Å². The molecule has 0 unspecified atom stereocenters. The lowest BCUT2D eigenvalue weighted by atomic mass is 9.95. The molecule has 0 aliphatic rings. The molecule has 148 valence electrons. The Morgan fingerprint density at radius 2 is 1.72 bits per heavy atom. The minimum Gasteiger partial charge on any atom is -0.478 e. The van der Waals surface area contributed by atoms with E-state index in [0.29, 0.717) is 23.4 Å². The van der Waals surface area contributed by atoms with Gasteiger partial charge in [-0.3, -0.25) is 4.79 Å². The zero-order chi connectivity index (χ0) is 21.1. The van der Waals surface area contributed by atoms with Crippen molar-refractivity contribution in [1.29, 1.82) is 0 Å². The summed E-state index contributed by atoms with van der Waals surface area (Å²) in [5.74, 6) is -1.92. The van der Waals surface area contributed by atoms with Crippen LogP contribution in [0.5, 0.6) is 0 Å². The summed E-state index contributed by atoms with van der Waals surface area (Å²) in [6.45, 7) is 1.88. The fourth-order valence-corrected chi connectivity index (χ4v) is 3.38. The van der Waals surface area contributed by atoms with Gasteiger partial charge in [0.15, 0.2) is 5.78 Å². The Labute approximate surface area is 176 Å². The molecule has 7 heteroatoms. The maximum atomic E-state index is 13.2. The Morgan fingerprint density at radius 3 is 2.34 bits per heavy atom. The zero-order valence-corrected chi connectivity index (χ0v) is 16.8. The average molecular weight is 432 g/mol. The van der Waals surface area contributed by atoms with Gasteiger partial charge in [-0.2, -0.15) is 0 Å². The van der Waals surface area contributed by atoms with Gasteiger partial charge in [-0.05, 0) is 60.5 Å². The molecule has 0 radical (unpaired) electrons. The monoisotopic (exact) mass is 431 g/mol. The Balaban J connectivity index is 1.93.